The summed E-state index contributed by atoms with van der Waals surface area (Å²) in [5.74, 6) is 0.665. The highest BCUT2D eigenvalue weighted by Crippen LogP contribution is 2.44. The first-order valence-corrected chi connectivity index (χ1v) is 4.74. The van der Waals surface area contributed by atoms with Crippen LogP contribution in [0.2, 0.25) is 0 Å². The normalized spacial score (nSPS) is 41.9. The Morgan fingerprint density at radius 3 is 2.92 bits per heavy atom. The fourth-order valence-corrected chi connectivity index (χ4v) is 2.36. The van der Waals surface area contributed by atoms with Crippen LogP contribution in [0.25, 0.3) is 0 Å². The summed E-state index contributed by atoms with van der Waals surface area (Å²) >= 11 is 3.48. The van der Waals surface area contributed by atoms with Gasteiger partial charge in [0.05, 0.1) is 19.6 Å². The zero-order valence-corrected chi connectivity index (χ0v) is 8.98. The average molecular weight is 248 g/mol. The summed E-state index contributed by atoms with van der Waals surface area (Å²) in [6.45, 7) is 0.625. The van der Waals surface area contributed by atoms with E-state index in [4.69, 9.17) is 9.47 Å². The van der Waals surface area contributed by atoms with E-state index in [0.29, 0.717) is 12.4 Å². The number of ether oxygens (including phenoxy) is 2. The SMILES string of the molecule is COC1=N[C@H](OC)[C@@H]2CN=N[C@]12Br. The highest BCUT2D eigenvalue weighted by atomic mass is 79.9. The van der Waals surface area contributed by atoms with Crippen LogP contribution in [0, 0.1) is 5.92 Å². The second kappa shape index (κ2) is 3.02. The first-order valence-electron chi connectivity index (χ1n) is 3.95. The van der Waals surface area contributed by atoms with Gasteiger partial charge in [-0.05, 0) is 15.9 Å². The van der Waals surface area contributed by atoms with Crippen molar-refractivity contribution in [3.8, 4) is 0 Å². The summed E-state index contributed by atoms with van der Waals surface area (Å²) in [5, 5.41) is 8.06. The number of aliphatic imine (C=N–C) groups is 1. The molecule has 2 aliphatic heterocycles. The van der Waals surface area contributed by atoms with E-state index < -0.39 is 4.45 Å². The molecule has 0 unspecified atom stereocenters. The van der Waals surface area contributed by atoms with E-state index in [2.05, 4.69) is 31.2 Å². The van der Waals surface area contributed by atoms with E-state index in [-0.39, 0.29) is 12.1 Å². The summed E-state index contributed by atoms with van der Waals surface area (Å²) in [7, 11) is 3.20. The molecule has 2 heterocycles. The fourth-order valence-electron chi connectivity index (χ4n) is 1.62. The summed E-state index contributed by atoms with van der Waals surface area (Å²) in [6, 6.07) is 0. The van der Waals surface area contributed by atoms with Gasteiger partial charge in [0.15, 0.2) is 6.23 Å². The first kappa shape index (κ1) is 9.08. The van der Waals surface area contributed by atoms with Crippen molar-refractivity contribution in [3.63, 3.8) is 0 Å². The number of fused-ring (bicyclic) bond motifs is 1. The van der Waals surface area contributed by atoms with Crippen molar-refractivity contribution < 1.29 is 9.47 Å². The fraction of sp³-hybridized carbons (Fsp3) is 0.857. The maximum Gasteiger partial charge on any atom is 0.228 e. The van der Waals surface area contributed by atoms with E-state index in [1.165, 1.54) is 0 Å². The maximum atomic E-state index is 5.20. The average Bonchev–Trinajstić information content (AvgIpc) is 2.60. The molecule has 6 heteroatoms. The van der Waals surface area contributed by atoms with Gasteiger partial charge in [-0.3, -0.25) is 0 Å². The summed E-state index contributed by atoms with van der Waals surface area (Å²) < 4.78 is 9.75. The second-order valence-corrected chi connectivity index (χ2v) is 4.18. The van der Waals surface area contributed by atoms with Crippen LogP contribution in [-0.2, 0) is 9.47 Å². The molecule has 0 aliphatic carbocycles. The minimum atomic E-state index is -0.581. The number of nitrogens with zero attached hydrogens (tertiary/aromatic N) is 3. The van der Waals surface area contributed by atoms with Gasteiger partial charge in [-0.1, -0.05) is 0 Å². The second-order valence-electron chi connectivity index (χ2n) is 2.97. The largest absolute Gasteiger partial charge is 0.482 e. The van der Waals surface area contributed by atoms with Gasteiger partial charge in [-0.15, -0.1) is 0 Å². The number of hydrogen-bond donors (Lipinski definition) is 0. The van der Waals surface area contributed by atoms with E-state index in [0.717, 1.165) is 0 Å². The Labute approximate surface area is 84.4 Å². The summed E-state index contributed by atoms with van der Waals surface area (Å²) in [4.78, 5) is 4.25. The van der Waals surface area contributed by atoms with Crippen molar-refractivity contribution >= 4 is 21.8 Å². The zero-order chi connectivity index (χ0) is 9.47. The Balaban J connectivity index is 2.32. The predicted octanol–water partition coefficient (Wildman–Crippen LogP) is 1.19. The molecule has 0 amide bonds. The third kappa shape index (κ3) is 1.12. The van der Waals surface area contributed by atoms with E-state index in [1.807, 2.05) is 0 Å². The standard InChI is InChI=1S/C7H10BrN3O2/c1-12-5-4-3-9-11-7(4,8)6(10-5)13-2/h4-5H,3H2,1-2H3/t4-,5+,7-/m0/s1. The third-order valence-electron chi connectivity index (χ3n) is 2.31. The van der Waals surface area contributed by atoms with Crippen LogP contribution < -0.4 is 0 Å². The monoisotopic (exact) mass is 247 g/mol. The van der Waals surface area contributed by atoms with Crippen molar-refractivity contribution in [3.05, 3.63) is 0 Å². The molecule has 0 bridgehead atoms. The lowest BCUT2D eigenvalue weighted by Crippen LogP contribution is -2.36. The molecule has 72 valence electrons. The molecule has 0 spiro atoms. The molecule has 0 aromatic rings. The molecule has 3 atom stereocenters. The maximum absolute atomic E-state index is 5.20. The number of rotatable bonds is 1. The summed E-state index contributed by atoms with van der Waals surface area (Å²) in [6.07, 6.45) is -0.204. The summed E-state index contributed by atoms with van der Waals surface area (Å²) in [5.41, 5.74) is 0. The topological polar surface area (TPSA) is 55.5 Å². The van der Waals surface area contributed by atoms with Crippen LogP contribution >= 0.6 is 15.9 Å². The highest BCUT2D eigenvalue weighted by molar-refractivity contribution is 9.10. The Hall–Kier alpha value is -0.490. The van der Waals surface area contributed by atoms with Gasteiger partial charge in [-0.2, -0.15) is 10.2 Å². The molecule has 2 aliphatic rings. The molecule has 0 N–H and O–H groups in total. The minimum Gasteiger partial charge on any atom is -0.482 e. The lowest BCUT2D eigenvalue weighted by molar-refractivity contribution is 0.0726. The van der Waals surface area contributed by atoms with Crippen LogP contribution in [0.5, 0.6) is 0 Å². The van der Waals surface area contributed by atoms with Crippen molar-refractivity contribution in [2.24, 2.45) is 21.1 Å². The van der Waals surface area contributed by atoms with Crippen molar-refractivity contribution in [2.45, 2.75) is 10.7 Å². The van der Waals surface area contributed by atoms with Crippen LogP contribution in [0.1, 0.15) is 0 Å². The van der Waals surface area contributed by atoms with Crippen molar-refractivity contribution in [2.75, 3.05) is 20.8 Å². The Bertz CT molecular complexity index is 281. The Morgan fingerprint density at radius 2 is 2.31 bits per heavy atom. The molecular weight excluding hydrogens is 238 g/mol. The lowest BCUT2D eigenvalue weighted by Gasteiger charge is -2.19. The quantitative estimate of drug-likeness (QED) is 0.517. The third-order valence-corrected chi connectivity index (χ3v) is 3.40. The first-order chi connectivity index (χ1) is 6.22. The zero-order valence-electron chi connectivity index (χ0n) is 7.40. The van der Waals surface area contributed by atoms with Crippen LogP contribution in [0.4, 0.5) is 0 Å². The molecule has 13 heavy (non-hydrogen) atoms. The smallest absolute Gasteiger partial charge is 0.228 e. The van der Waals surface area contributed by atoms with Gasteiger partial charge in [0, 0.05) is 7.11 Å². The van der Waals surface area contributed by atoms with Crippen molar-refractivity contribution in [1.29, 1.82) is 0 Å². The molecule has 0 saturated heterocycles. The molecule has 0 radical (unpaired) electrons. The minimum absolute atomic E-state index is 0.118. The Kier molecular flexibility index (Phi) is 2.11. The van der Waals surface area contributed by atoms with Crippen LogP contribution in [0.3, 0.4) is 0 Å². The molecule has 5 nitrogen and oxygen atoms in total. The molecule has 2 rings (SSSR count). The molecular formula is C7H10BrN3O2. The van der Waals surface area contributed by atoms with Crippen LogP contribution in [-0.4, -0.2) is 37.3 Å². The van der Waals surface area contributed by atoms with E-state index >= 15 is 0 Å². The van der Waals surface area contributed by atoms with E-state index in [1.54, 1.807) is 14.2 Å². The molecule has 0 fully saturated rings. The number of azo groups is 1. The van der Waals surface area contributed by atoms with E-state index in [9.17, 15) is 0 Å². The van der Waals surface area contributed by atoms with Gasteiger partial charge in [-0.25, -0.2) is 4.99 Å². The van der Waals surface area contributed by atoms with Crippen LogP contribution in [0.15, 0.2) is 15.2 Å². The predicted molar refractivity (Wildman–Crippen MR) is 50.1 cm³/mol. The van der Waals surface area contributed by atoms with Gasteiger partial charge < -0.3 is 9.47 Å². The highest BCUT2D eigenvalue weighted by Gasteiger charge is 2.55. The van der Waals surface area contributed by atoms with Gasteiger partial charge >= 0.3 is 0 Å². The number of halogens is 1. The molecule has 0 aromatic heterocycles. The van der Waals surface area contributed by atoms with Gasteiger partial charge in [0.25, 0.3) is 0 Å². The lowest BCUT2D eigenvalue weighted by atomic mass is 10.0. The molecule has 0 saturated carbocycles. The number of hydrogen-bond acceptors (Lipinski definition) is 5. The van der Waals surface area contributed by atoms with Gasteiger partial charge in [0.1, 0.15) is 0 Å². The number of alkyl halides is 1. The van der Waals surface area contributed by atoms with Gasteiger partial charge in [0.2, 0.25) is 10.3 Å². The molecule has 0 aromatic carbocycles. The number of methoxy groups -OCH3 is 2. The van der Waals surface area contributed by atoms with Crippen molar-refractivity contribution in [1.82, 2.24) is 0 Å². The Morgan fingerprint density at radius 1 is 1.54 bits per heavy atom.